The van der Waals surface area contributed by atoms with Crippen molar-refractivity contribution >= 4 is 23.0 Å². The van der Waals surface area contributed by atoms with Crippen LogP contribution >= 0.6 is 11.6 Å². The smallest absolute Gasteiger partial charge is 0.0992 e. The van der Waals surface area contributed by atoms with Crippen LogP contribution in [0.1, 0.15) is 23.1 Å². The number of rotatable bonds is 2. The molecule has 1 aliphatic heterocycles. The first kappa shape index (κ1) is 13.8. The average molecular weight is 298 g/mol. The van der Waals surface area contributed by atoms with Crippen LogP contribution in [0, 0.1) is 11.3 Å². The summed E-state index contributed by atoms with van der Waals surface area (Å²) in [5, 5.41) is 9.55. The predicted octanol–water partition coefficient (Wildman–Crippen LogP) is 3.75. The van der Waals surface area contributed by atoms with Crippen LogP contribution in [0.2, 0.25) is 5.02 Å². The topological polar surface area (TPSA) is 53.0 Å². The molecule has 106 valence electrons. The molecule has 3 rings (SSSR count). The first-order chi connectivity index (χ1) is 10.2. The minimum absolute atomic E-state index is 0.593. The molecule has 0 aromatic heterocycles. The second-order valence-electron chi connectivity index (χ2n) is 5.33. The van der Waals surface area contributed by atoms with Crippen molar-refractivity contribution in [2.45, 2.75) is 19.4 Å². The predicted molar refractivity (Wildman–Crippen MR) is 86.4 cm³/mol. The summed E-state index contributed by atoms with van der Waals surface area (Å²) < 4.78 is 0. The molecule has 2 N–H and O–H groups in total. The minimum atomic E-state index is 0.593. The zero-order valence-electron chi connectivity index (χ0n) is 11.6. The third kappa shape index (κ3) is 2.81. The molecule has 0 radical (unpaired) electrons. The Hall–Kier alpha value is -2.18. The highest BCUT2D eigenvalue weighted by Crippen LogP contribution is 2.31. The standard InChI is InChI=1S/C17H16ClN3/c18-16-8-12(10-19)3-4-14(16)11-21-7-1-2-13-9-15(20)5-6-17(13)21/h3-6,8-9H,1-2,7,11,20H2. The Labute approximate surface area is 129 Å². The van der Waals surface area contributed by atoms with Gasteiger partial charge in [-0.05, 0) is 54.3 Å². The molecule has 0 aliphatic carbocycles. The quantitative estimate of drug-likeness (QED) is 0.859. The number of nitrogens with zero attached hydrogens (tertiary/aromatic N) is 2. The first-order valence-corrected chi connectivity index (χ1v) is 7.37. The summed E-state index contributed by atoms with van der Waals surface area (Å²) in [5.74, 6) is 0. The van der Waals surface area contributed by atoms with E-state index in [1.165, 1.54) is 11.3 Å². The highest BCUT2D eigenvalue weighted by atomic mass is 35.5. The third-order valence-electron chi connectivity index (χ3n) is 3.86. The molecule has 0 amide bonds. The normalized spacial score (nSPS) is 13.6. The molecule has 1 heterocycles. The van der Waals surface area contributed by atoms with Gasteiger partial charge >= 0.3 is 0 Å². The van der Waals surface area contributed by atoms with E-state index in [1.54, 1.807) is 6.07 Å². The van der Waals surface area contributed by atoms with Gasteiger partial charge in [0.25, 0.3) is 0 Å². The number of hydrogen-bond acceptors (Lipinski definition) is 3. The number of nitrogen functional groups attached to an aromatic ring is 1. The van der Waals surface area contributed by atoms with Crippen LogP contribution in [0.15, 0.2) is 36.4 Å². The SMILES string of the molecule is N#Cc1ccc(CN2CCCc3cc(N)ccc32)c(Cl)c1. The van der Waals surface area contributed by atoms with Crippen LogP contribution in [0.4, 0.5) is 11.4 Å². The molecule has 0 spiro atoms. The molecule has 0 bridgehead atoms. The van der Waals surface area contributed by atoms with Crippen molar-refractivity contribution in [1.82, 2.24) is 0 Å². The van der Waals surface area contributed by atoms with Gasteiger partial charge in [0, 0.05) is 29.5 Å². The largest absolute Gasteiger partial charge is 0.399 e. The number of aryl methyl sites for hydroxylation is 1. The summed E-state index contributed by atoms with van der Waals surface area (Å²) in [6, 6.07) is 13.7. The van der Waals surface area contributed by atoms with Gasteiger partial charge in [-0.15, -0.1) is 0 Å². The Morgan fingerprint density at radius 3 is 2.86 bits per heavy atom. The molecular weight excluding hydrogens is 282 g/mol. The number of nitriles is 1. The van der Waals surface area contributed by atoms with Crippen LogP contribution in [0.25, 0.3) is 0 Å². The van der Waals surface area contributed by atoms with Crippen molar-refractivity contribution in [3.05, 3.63) is 58.1 Å². The molecule has 0 saturated carbocycles. The Morgan fingerprint density at radius 1 is 1.24 bits per heavy atom. The lowest BCUT2D eigenvalue weighted by Crippen LogP contribution is -2.29. The van der Waals surface area contributed by atoms with E-state index in [-0.39, 0.29) is 0 Å². The lowest BCUT2D eigenvalue weighted by molar-refractivity contribution is 0.691. The van der Waals surface area contributed by atoms with Crippen LogP contribution in [0.3, 0.4) is 0 Å². The molecule has 0 atom stereocenters. The Morgan fingerprint density at radius 2 is 2.10 bits per heavy atom. The maximum Gasteiger partial charge on any atom is 0.0992 e. The zero-order valence-corrected chi connectivity index (χ0v) is 12.4. The average Bonchev–Trinajstić information content (AvgIpc) is 2.49. The van der Waals surface area contributed by atoms with Crippen molar-refractivity contribution in [2.75, 3.05) is 17.2 Å². The van der Waals surface area contributed by atoms with Crippen molar-refractivity contribution in [1.29, 1.82) is 5.26 Å². The van der Waals surface area contributed by atoms with Gasteiger partial charge in [0.05, 0.1) is 11.6 Å². The molecule has 3 nitrogen and oxygen atoms in total. The molecule has 1 aliphatic rings. The number of anilines is 2. The number of hydrogen-bond donors (Lipinski definition) is 1. The van der Waals surface area contributed by atoms with Crippen LogP contribution in [0.5, 0.6) is 0 Å². The van der Waals surface area contributed by atoms with E-state index >= 15 is 0 Å². The van der Waals surface area contributed by atoms with E-state index in [0.29, 0.717) is 10.6 Å². The Kier molecular flexibility index (Phi) is 3.72. The summed E-state index contributed by atoms with van der Waals surface area (Å²) in [7, 11) is 0. The fourth-order valence-corrected chi connectivity index (χ4v) is 3.05. The van der Waals surface area contributed by atoms with E-state index < -0.39 is 0 Å². The van der Waals surface area contributed by atoms with Crippen molar-refractivity contribution < 1.29 is 0 Å². The molecule has 0 saturated heterocycles. The lowest BCUT2D eigenvalue weighted by atomic mass is 10.00. The molecule has 2 aromatic carbocycles. The Balaban J connectivity index is 1.89. The van der Waals surface area contributed by atoms with Crippen molar-refractivity contribution in [2.24, 2.45) is 0 Å². The second-order valence-corrected chi connectivity index (χ2v) is 5.74. The monoisotopic (exact) mass is 297 g/mol. The van der Waals surface area contributed by atoms with Gasteiger partial charge in [0.15, 0.2) is 0 Å². The van der Waals surface area contributed by atoms with E-state index in [9.17, 15) is 0 Å². The van der Waals surface area contributed by atoms with Gasteiger partial charge in [0.2, 0.25) is 0 Å². The molecular formula is C17H16ClN3. The summed E-state index contributed by atoms with van der Waals surface area (Å²) >= 11 is 6.28. The summed E-state index contributed by atoms with van der Waals surface area (Å²) in [5.41, 5.74) is 10.8. The molecule has 0 unspecified atom stereocenters. The highest BCUT2D eigenvalue weighted by molar-refractivity contribution is 6.31. The van der Waals surface area contributed by atoms with Gasteiger partial charge < -0.3 is 10.6 Å². The van der Waals surface area contributed by atoms with E-state index in [1.807, 2.05) is 18.2 Å². The van der Waals surface area contributed by atoms with Gasteiger partial charge in [-0.2, -0.15) is 5.26 Å². The minimum Gasteiger partial charge on any atom is -0.399 e. The number of halogens is 1. The number of benzene rings is 2. The summed E-state index contributed by atoms with van der Waals surface area (Å²) in [6.45, 7) is 1.76. The van der Waals surface area contributed by atoms with Crippen molar-refractivity contribution in [3.8, 4) is 6.07 Å². The highest BCUT2D eigenvalue weighted by Gasteiger charge is 2.18. The second kappa shape index (κ2) is 5.67. The van der Waals surface area contributed by atoms with E-state index in [4.69, 9.17) is 22.6 Å². The third-order valence-corrected chi connectivity index (χ3v) is 4.21. The fourth-order valence-electron chi connectivity index (χ4n) is 2.81. The van der Waals surface area contributed by atoms with Crippen LogP contribution in [-0.4, -0.2) is 6.54 Å². The van der Waals surface area contributed by atoms with Crippen molar-refractivity contribution in [3.63, 3.8) is 0 Å². The molecule has 4 heteroatoms. The van der Waals surface area contributed by atoms with E-state index in [0.717, 1.165) is 37.2 Å². The van der Waals surface area contributed by atoms with Gasteiger partial charge in [0.1, 0.15) is 0 Å². The fraction of sp³-hybridized carbons (Fsp3) is 0.235. The van der Waals surface area contributed by atoms with Gasteiger partial charge in [-0.3, -0.25) is 0 Å². The lowest BCUT2D eigenvalue weighted by Gasteiger charge is -2.32. The van der Waals surface area contributed by atoms with Crippen LogP contribution in [-0.2, 0) is 13.0 Å². The number of nitrogens with two attached hydrogens (primary N) is 1. The molecule has 0 fully saturated rings. The summed E-state index contributed by atoms with van der Waals surface area (Å²) in [4.78, 5) is 2.32. The maximum absolute atomic E-state index is 8.90. The maximum atomic E-state index is 8.90. The molecule has 2 aromatic rings. The summed E-state index contributed by atoms with van der Waals surface area (Å²) in [6.07, 6.45) is 2.18. The van der Waals surface area contributed by atoms with Gasteiger partial charge in [-0.1, -0.05) is 17.7 Å². The van der Waals surface area contributed by atoms with Crippen LogP contribution < -0.4 is 10.6 Å². The number of fused-ring (bicyclic) bond motifs is 1. The zero-order chi connectivity index (χ0) is 14.8. The first-order valence-electron chi connectivity index (χ1n) is 6.99. The molecule has 21 heavy (non-hydrogen) atoms. The van der Waals surface area contributed by atoms with Gasteiger partial charge in [-0.25, -0.2) is 0 Å². The Bertz CT molecular complexity index is 718. The van der Waals surface area contributed by atoms with E-state index in [2.05, 4.69) is 23.1 Å².